The third-order valence-electron chi connectivity index (χ3n) is 5.19. The molecule has 122 valence electrons. The molecule has 0 saturated carbocycles. The summed E-state index contributed by atoms with van der Waals surface area (Å²) in [7, 11) is 0. The van der Waals surface area contributed by atoms with Gasteiger partial charge in [-0.2, -0.15) is 0 Å². The van der Waals surface area contributed by atoms with E-state index in [1.54, 1.807) is 4.90 Å². The van der Waals surface area contributed by atoms with E-state index < -0.39 is 22.3 Å². The van der Waals surface area contributed by atoms with Crippen molar-refractivity contribution in [1.82, 2.24) is 4.90 Å². The van der Waals surface area contributed by atoms with Gasteiger partial charge in [0.2, 0.25) is 5.91 Å². The number of rotatable bonds is 5. The third-order valence-corrected chi connectivity index (χ3v) is 5.19. The molecule has 1 rings (SSSR count). The van der Waals surface area contributed by atoms with Crippen LogP contribution < -0.4 is 5.73 Å². The van der Waals surface area contributed by atoms with E-state index in [0.29, 0.717) is 25.9 Å². The smallest absolute Gasteiger partial charge is 0.311 e. The van der Waals surface area contributed by atoms with Gasteiger partial charge in [-0.25, -0.2) is 0 Å². The molecule has 0 aliphatic carbocycles. The first kappa shape index (κ1) is 18.0. The number of hydrogen-bond acceptors (Lipinski definition) is 3. The number of nitrogens with two attached hydrogens (primary N) is 1. The number of hydrogen-bond donors (Lipinski definition) is 2. The molecular formula is C16H30N2O3. The summed E-state index contributed by atoms with van der Waals surface area (Å²) in [6.45, 7) is 10.3. The van der Waals surface area contributed by atoms with Gasteiger partial charge in [0.15, 0.2) is 0 Å². The molecule has 1 aliphatic rings. The number of amides is 1. The summed E-state index contributed by atoms with van der Waals surface area (Å²) in [6.07, 6.45) is 2.80. The van der Waals surface area contributed by atoms with Gasteiger partial charge in [-0.3, -0.25) is 9.59 Å². The van der Waals surface area contributed by atoms with Crippen molar-refractivity contribution in [2.45, 2.75) is 65.8 Å². The van der Waals surface area contributed by atoms with Crippen LogP contribution in [0.2, 0.25) is 0 Å². The number of carbonyl (C=O) groups excluding carboxylic acids is 1. The maximum Gasteiger partial charge on any atom is 0.311 e. The van der Waals surface area contributed by atoms with Gasteiger partial charge in [0.05, 0.1) is 10.8 Å². The number of carboxylic acid groups (broad SMARTS) is 1. The molecule has 0 radical (unpaired) electrons. The van der Waals surface area contributed by atoms with Gasteiger partial charge in [0.25, 0.3) is 0 Å². The van der Waals surface area contributed by atoms with Crippen molar-refractivity contribution in [2.24, 2.45) is 16.6 Å². The Bertz CT molecular complexity index is 408. The monoisotopic (exact) mass is 298 g/mol. The Morgan fingerprint density at radius 3 is 2.29 bits per heavy atom. The third kappa shape index (κ3) is 3.39. The minimum Gasteiger partial charge on any atom is -0.481 e. The Hall–Kier alpha value is -1.10. The zero-order chi connectivity index (χ0) is 16.5. The van der Waals surface area contributed by atoms with Gasteiger partial charge in [-0.05, 0) is 47.0 Å². The van der Waals surface area contributed by atoms with E-state index in [1.165, 1.54) is 0 Å². The van der Waals surface area contributed by atoms with E-state index in [9.17, 15) is 14.7 Å². The molecule has 1 unspecified atom stereocenters. The number of likely N-dealkylation sites (tertiary alicyclic amines) is 1. The van der Waals surface area contributed by atoms with Crippen LogP contribution in [-0.2, 0) is 9.59 Å². The van der Waals surface area contributed by atoms with Crippen LogP contribution in [0, 0.1) is 10.8 Å². The van der Waals surface area contributed by atoms with Crippen molar-refractivity contribution in [3.05, 3.63) is 0 Å². The average Bonchev–Trinajstić information content (AvgIpc) is 2.37. The van der Waals surface area contributed by atoms with Crippen LogP contribution in [0.1, 0.15) is 60.3 Å². The lowest BCUT2D eigenvalue weighted by Crippen LogP contribution is -2.59. The van der Waals surface area contributed by atoms with Gasteiger partial charge < -0.3 is 15.7 Å². The van der Waals surface area contributed by atoms with Crippen LogP contribution in [0.15, 0.2) is 0 Å². The van der Waals surface area contributed by atoms with Crippen molar-refractivity contribution in [2.75, 3.05) is 13.1 Å². The molecule has 1 aliphatic heterocycles. The highest BCUT2D eigenvalue weighted by Crippen LogP contribution is 2.38. The highest BCUT2D eigenvalue weighted by Gasteiger charge is 2.48. The normalized spacial score (nSPS) is 24.0. The van der Waals surface area contributed by atoms with Crippen LogP contribution in [0.5, 0.6) is 0 Å². The Labute approximate surface area is 127 Å². The van der Waals surface area contributed by atoms with Gasteiger partial charge in [-0.1, -0.05) is 13.3 Å². The molecule has 5 heteroatoms. The first-order valence-electron chi connectivity index (χ1n) is 7.79. The predicted octanol–water partition coefficient (Wildman–Crippen LogP) is 2.24. The summed E-state index contributed by atoms with van der Waals surface area (Å²) in [4.78, 5) is 26.3. The highest BCUT2D eigenvalue weighted by atomic mass is 16.4. The maximum atomic E-state index is 12.8. The lowest BCUT2D eigenvalue weighted by Gasteiger charge is -2.45. The van der Waals surface area contributed by atoms with Crippen LogP contribution in [0.4, 0.5) is 0 Å². The van der Waals surface area contributed by atoms with E-state index in [-0.39, 0.29) is 5.91 Å². The zero-order valence-electron chi connectivity index (χ0n) is 14.0. The van der Waals surface area contributed by atoms with Gasteiger partial charge in [0.1, 0.15) is 0 Å². The second-order valence-corrected chi connectivity index (χ2v) is 7.51. The quantitative estimate of drug-likeness (QED) is 0.815. The second kappa shape index (κ2) is 5.95. The van der Waals surface area contributed by atoms with E-state index in [4.69, 9.17) is 5.73 Å². The number of carbonyl (C=O) groups is 2. The van der Waals surface area contributed by atoms with Crippen LogP contribution >= 0.6 is 0 Å². The number of nitrogens with zero attached hydrogens (tertiary/aromatic N) is 1. The predicted molar refractivity (Wildman–Crippen MR) is 82.8 cm³/mol. The highest BCUT2D eigenvalue weighted by molar-refractivity contribution is 5.85. The standard InChI is InChI=1S/C16H30N2O3/c1-6-8-16(13(20)21)9-7-10-18(11-16)12(19)14(2,3)15(4,5)17/h6-11,17H2,1-5H3,(H,20,21). The molecule has 1 fully saturated rings. The Balaban J connectivity index is 3.00. The maximum absolute atomic E-state index is 12.8. The number of piperidine rings is 1. The fraction of sp³-hybridized carbons (Fsp3) is 0.875. The minimum absolute atomic E-state index is 0.0450. The van der Waals surface area contributed by atoms with E-state index >= 15 is 0 Å². The molecule has 0 spiro atoms. The second-order valence-electron chi connectivity index (χ2n) is 7.51. The molecular weight excluding hydrogens is 268 g/mol. The van der Waals surface area contributed by atoms with Crippen molar-refractivity contribution < 1.29 is 14.7 Å². The minimum atomic E-state index is -0.794. The molecule has 1 heterocycles. The van der Waals surface area contributed by atoms with Crippen molar-refractivity contribution in [3.63, 3.8) is 0 Å². The van der Waals surface area contributed by atoms with Crippen LogP contribution in [0.3, 0.4) is 0 Å². The summed E-state index contributed by atoms with van der Waals surface area (Å²) < 4.78 is 0. The topological polar surface area (TPSA) is 83.6 Å². The van der Waals surface area contributed by atoms with E-state index in [0.717, 1.165) is 12.8 Å². The van der Waals surface area contributed by atoms with E-state index in [1.807, 2.05) is 34.6 Å². The summed E-state index contributed by atoms with van der Waals surface area (Å²) >= 11 is 0. The fourth-order valence-corrected chi connectivity index (χ4v) is 2.94. The number of carboxylic acids is 1. The SMILES string of the molecule is CCCC1(C(=O)O)CCCN(C(=O)C(C)(C)C(C)(C)N)C1. The largest absolute Gasteiger partial charge is 0.481 e. The van der Waals surface area contributed by atoms with Crippen LogP contribution in [0.25, 0.3) is 0 Å². The summed E-state index contributed by atoms with van der Waals surface area (Å²) in [6, 6.07) is 0. The summed E-state index contributed by atoms with van der Waals surface area (Å²) in [5.41, 5.74) is 3.97. The molecule has 3 N–H and O–H groups in total. The van der Waals surface area contributed by atoms with E-state index in [2.05, 4.69) is 0 Å². The zero-order valence-corrected chi connectivity index (χ0v) is 14.0. The Kier molecular flexibility index (Phi) is 5.09. The molecule has 1 atom stereocenters. The average molecular weight is 298 g/mol. The van der Waals surface area contributed by atoms with Gasteiger partial charge in [-0.15, -0.1) is 0 Å². The molecule has 21 heavy (non-hydrogen) atoms. The first-order valence-corrected chi connectivity index (χ1v) is 7.79. The molecule has 0 bridgehead atoms. The lowest BCUT2D eigenvalue weighted by molar-refractivity contribution is -0.159. The summed E-state index contributed by atoms with van der Waals surface area (Å²) in [5.74, 6) is -0.830. The molecule has 0 aromatic carbocycles. The summed E-state index contributed by atoms with van der Waals surface area (Å²) in [5, 5.41) is 9.62. The van der Waals surface area contributed by atoms with Gasteiger partial charge in [0, 0.05) is 18.6 Å². The molecule has 1 amide bonds. The Morgan fingerprint density at radius 1 is 1.29 bits per heavy atom. The fourth-order valence-electron chi connectivity index (χ4n) is 2.94. The lowest BCUT2D eigenvalue weighted by atomic mass is 9.72. The molecule has 5 nitrogen and oxygen atoms in total. The van der Waals surface area contributed by atoms with Gasteiger partial charge >= 0.3 is 5.97 Å². The first-order chi connectivity index (χ1) is 9.48. The number of aliphatic carboxylic acids is 1. The van der Waals surface area contributed by atoms with Crippen molar-refractivity contribution in [1.29, 1.82) is 0 Å². The molecule has 1 saturated heterocycles. The van der Waals surface area contributed by atoms with Crippen LogP contribution in [-0.4, -0.2) is 40.5 Å². The Morgan fingerprint density at radius 2 is 1.86 bits per heavy atom. The van der Waals surface area contributed by atoms with Crippen molar-refractivity contribution in [3.8, 4) is 0 Å². The molecule has 0 aromatic heterocycles. The van der Waals surface area contributed by atoms with Crippen molar-refractivity contribution >= 4 is 11.9 Å². The molecule has 0 aromatic rings.